The normalized spacial score (nSPS) is 21.9. The molecule has 1 aromatic carbocycles. The van der Waals surface area contributed by atoms with Crippen LogP contribution in [0.3, 0.4) is 0 Å². The van der Waals surface area contributed by atoms with Gasteiger partial charge in [0, 0.05) is 18.9 Å². The van der Waals surface area contributed by atoms with Crippen LogP contribution in [0.4, 0.5) is 0 Å². The summed E-state index contributed by atoms with van der Waals surface area (Å²) < 4.78 is 0. The Morgan fingerprint density at radius 1 is 1.27 bits per heavy atom. The summed E-state index contributed by atoms with van der Waals surface area (Å²) in [6.45, 7) is 2.89. The molecule has 1 atom stereocenters. The summed E-state index contributed by atoms with van der Waals surface area (Å²) >= 11 is 0. The largest absolute Gasteiger partial charge is 0.355 e. The van der Waals surface area contributed by atoms with Crippen LogP contribution in [-0.4, -0.2) is 12.5 Å². The molecule has 1 saturated heterocycles. The SMILES string of the molecule is Cc1ccc([C@H]2CCCC(=O)NC2)cc1. The Balaban J connectivity index is 2.09. The van der Waals surface area contributed by atoms with Crippen molar-refractivity contribution in [3.63, 3.8) is 0 Å². The lowest BCUT2D eigenvalue weighted by Crippen LogP contribution is -2.24. The number of rotatable bonds is 1. The minimum Gasteiger partial charge on any atom is -0.355 e. The molecule has 0 radical (unpaired) electrons. The molecule has 0 unspecified atom stereocenters. The van der Waals surface area contributed by atoms with Crippen LogP contribution in [0.15, 0.2) is 24.3 Å². The fourth-order valence-corrected chi connectivity index (χ4v) is 2.06. The minimum atomic E-state index is 0.199. The molecule has 1 aromatic rings. The van der Waals surface area contributed by atoms with E-state index in [-0.39, 0.29) is 5.91 Å². The van der Waals surface area contributed by atoms with Gasteiger partial charge in [0.2, 0.25) is 5.91 Å². The smallest absolute Gasteiger partial charge is 0.220 e. The lowest BCUT2D eigenvalue weighted by atomic mass is 9.94. The summed E-state index contributed by atoms with van der Waals surface area (Å²) in [6, 6.07) is 8.64. The molecule has 1 amide bonds. The quantitative estimate of drug-likeness (QED) is 0.746. The number of aryl methyl sites for hydroxylation is 1. The zero-order valence-corrected chi connectivity index (χ0v) is 9.12. The summed E-state index contributed by atoms with van der Waals surface area (Å²) in [5, 5.41) is 2.97. The molecule has 80 valence electrons. The van der Waals surface area contributed by atoms with Crippen molar-refractivity contribution in [2.75, 3.05) is 6.54 Å². The van der Waals surface area contributed by atoms with Gasteiger partial charge in [-0.15, -0.1) is 0 Å². The molecule has 0 aliphatic carbocycles. The van der Waals surface area contributed by atoms with E-state index in [2.05, 4.69) is 36.5 Å². The van der Waals surface area contributed by atoms with Crippen LogP contribution in [0.2, 0.25) is 0 Å². The topological polar surface area (TPSA) is 29.1 Å². The van der Waals surface area contributed by atoms with Crippen molar-refractivity contribution in [3.8, 4) is 0 Å². The first-order valence-corrected chi connectivity index (χ1v) is 5.59. The van der Waals surface area contributed by atoms with Crippen LogP contribution in [0.5, 0.6) is 0 Å². The van der Waals surface area contributed by atoms with Gasteiger partial charge < -0.3 is 5.32 Å². The van der Waals surface area contributed by atoms with Gasteiger partial charge in [0.25, 0.3) is 0 Å². The monoisotopic (exact) mass is 203 g/mol. The van der Waals surface area contributed by atoms with Crippen molar-refractivity contribution >= 4 is 5.91 Å². The molecule has 1 aliphatic rings. The lowest BCUT2D eigenvalue weighted by molar-refractivity contribution is -0.120. The van der Waals surface area contributed by atoms with Crippen LogP contribution in [-0.2, 0) is 4.79 Å². The molecular weight excluding hydrogens is 186 g/mol. The summed E-state index contributed by atoms with van der Waals surface area (Å²) in [5.41, 5.74) is 2.64. The summed E-state index contributed by atoms with van der Waals surface area (Å²) in [6.07, 6.45) is 2.80. The molecule has 0 saturated carbocycles. The fraction of sp³-hybridized carbons (Fsp3) is 0.462. The predicted octanol–water partition coefficient (Wildman–Crippen LogP) is 2.38. The Labute approximate surface area is 90.7 Å². The van der Waals surface area contributed by atoms with Crippen molar-refractivity contribution in [1.82, 2.24) is 5.32 Å². The number of nitrogens with one attached hydrogen (secondary N) is 1. The average Bonchev–Trinajstić information content (AvgIpc) is 2.44. The molecule has 1 aliphatic heterocycles. The third-order valence-electron chi connectivity index (χ3n) is 3.05. The molecule has 2 nitrogen and oxygen atoms in total. The summed E-state index contributed by atoms with van der Waals surface area (Å²) in [4.78, 5) is 11.2. The minimum absolute atomic E-state index is 0.199. The highest BCUT2D eigenvalue weighted by atomic mass is 16.1. The van der Waals surface area contributed by atoms with Crippen LogP contribution in [0.25, 0.3) is 0 Å². The van der Waals surface area contributed by atoms with Gasteiger partial charge in [-0.25, -0.2) is 0 Å². The van der Waals surface area contributed by atoms with Gasteiger partial charge in [0.1, 0.15) is 0 Å². The molecule has 2 rings (SSSR count). The second kappa shape index (κ2) is 4.47. The first-order chi connectivity index (χ1) is 7.25. The zero-order chi connectivity index (χ0) is 10.7. The van der Waals surface area contributed by atoms with E-state index in [1.165, 1.54) is 11.1 Å². The maximum atomic E-state index is 11.2. The van der Waals surface area contributed by atoms with E-state index in [0.29, 0.717) is 12.3 Å². The Morgan fingerprint density at radius 3 is 2.73 bits per heavy atom. The molecule has 0 bridgehead atoms. The molecule has 15 heavy (non-hydrogen) atoms. The molecule has 0 spiro atoms. The molecule has 1 N–H and O–H groups in total. The van der Waals surface area contributed by atoms with E-state index >= 15 is 0 Å². The van der Waals surface area contributed by atoms with Crippen molar-refractivity contribution in [2.45, 2.75) is 32.1 Å². The summed E-state index contributed by atoms with van der Waals surface area (Å²) in [5.74, 6) is 0.696. The third kappa shape index (κ3) is 2.58. The Morgan fingerprint density at radius 2 is 2.00 bits per heavy atom. The second-order valence-electron chi connectivity index (χ2n) is 4.30. The Kier molecular flexibility index (Phi) is 3.05. The van der Waals surface area contributed by atoms with Crippen molar-refractivity contribution in [3.05, 3.63) is 35.4 Å². The molecular formula is C13H17NO. The molecule has 0 aromatic heterocycles. The Bertz CT molecular complexity index is 342. The maximum Gasteiger partial charge on any atom is 0.220 e. The van der Waals surface area contributed by atoms with Gasteiger partial charge in [-0.2, -0.15) is 0 Å². The van der Waals surface area contributed by atoms with Crippen molar-refractivity contribution in [1.29, 1.82) is 0 Å². The van der Waals surface area contributed by atoms with Gasteiger partial charge in [0.05, 0.1) is 0 Å². The standard InChI is InChI=1S/C13H17NO/c1-10-5-7-11(8-6-10)12-3-2-4-13(15)14-9-12/h5-8,12H,2-4,9H2,1H3,(H,14,15)/t12-/m0/s1. The zero-order valence-electron chi connectivity index (χ0n) is 9.12. The van der Waals surface area contributed by atoms with E-state index in [0.717, 1.165) is 19.4 Å². The third-order valence-corrected chi connectivity index (χ3v) is 3.05. The number of benzene rings is 1. The first-order valence-electron chi connectivity index (χ1n) is 5.59. The number of hydrogen-bond acceptors (Lipinski definition) is 1. The predicted molar refractivity (Wildman–Crippen MR) is 60.8 cm³/mol. The Hall–Kier alpha value is -1.31. The maximum absolute atomic E-state index is 11.2. The second-order valence-corrected chi connectivity index (χ2v) is 4.30. The fourth-order valence-electron chi connectivity index (χ4n) is 2.06. The number of hydrogen-bond donors (Lipinski definition) is 1. The lowest BCUT2D eigenvalue weighted by Gasteiger charge is -2.14. The van der Waals surface area contributed by atoms with Crippen molar-refractivity contribution in [2.24, 2.45) is 0 Å². The average molecular weight is 203 g/mol. The number of carbonyl (C=O) groups excluding carboxylic acids is 1. The molecule has 1 fully saturated rings. The summed E-state index contributed by atoms with van der Waals surface area (Å²) in [7, 11) is 0. The van der Waals surface area contributed by atoms with Crippen LogP contribution >= 0.6 is 0 Å². The number of amides is 1. The van der Waals surface area contributed by atoms with Crippen LogP contribution < -0.4 is 5.32 Å². The van der Waals surface area contributed by atoms with E-state index < -0.39 is 0 Å². The van der Waals surface area contributed by atoms with Gasteiger partial charge in [0.15, 0.2) is 0 Å². The van der Waals surface area contributed by atoms with E-state index in [9.17, 15) is 4.79 Å². The number of carbonyl (C=O) groups is 1. The van der Waals surface area contributed by atoms with Crippen LogP contribution in [0.1, 0.15) is 36.3 Å². The highest BCUT2D eigenvalue weighted by molar-refractivity contribution is 5.76. The highest BCUT2D eigenvalue weighted by Gasteiger charge is 2.16. The molecule has 2 heteroatoms. The molecule has 1 heterocycles. The van der Waals surface area contributed by atoms with E-state index in [1.807, 2.05) is 0 Å². The van der Waals surface area contributed by atoms with Gasteiger partial charge in [-0.05, 0) is 25.3 Å². The van der Waals surface area contributed by atoms with Gasteiger partial charge in [-0.3, -0.25) is 4.79 Å². The first kappa shape index (κ1) is 10.2. The van der Waals surface area contributed by atoms with Gasteiger partial charge >= 0.3 is 0 Å². The van der Waals surface area contributed by atoms with Crippen LogP contribution in [0, 0.1) is 6.92 Å². The van der Waals surface area contributed by atoms with Gasteiger partial charge in [-0.1, -0.05) is 29.8 Å². The highest BCUT2D eigenvalue weighted by Crippen LogP contribution is 2.23. The van der Waals surface area contributed by atoms with E-state index in [4.69, 9.17) is 0 Å². The van der Waals surface area contributed by atoms with E-state index in [1.54, 1.807) is 0 Å². The van der Waals surface area contributed by atoms with Crippen molar-refractivity contribution < 1.29 is 4.79 Å².